The normalized spacial score (nSPS) is 21.2. The molecule has 0 aromatic heterocycles. The molecule has 2 heterocycles. The second-order valence-corrected chi connectivity index (χ2v) is 10.5. The van der Waals surface area contributed by atoms with Crippen molar-refractivity contribution in [2.75, 3.05) is 25.4 Å². The molecule has 1 aromatic rings. The van der Waals surface area contributed by atoms with E-state index in [1.807, 2.05) is 60.8 Å². The third-order valence-electron chi connectivity index (χ3n) is 5.03. The van der Waals surface area contributed by atoms with Crippen molar-refractivity contribution < 1.29 is 13.2 Å². The van der Waals surface area contributed by atoms with E-state index in [1.165, 1.54) is 0 Å². The number of rotatable bonds is 4. The summed E-state index contributed by atoms with van der Waals surface area (Å²) in [4.78, 5) is 14.3. The van der Waals surface area contributed by atoms with Crippen LogP contribution in [0.25, 0.3) is 0 Å². The van der Waals surface area contributed by atoms with Crippen molar-refractivity contribution in [1.29, 1.82) is 0 Å². The Bertz CT molecular complexity index is 711. The molecule has 0 unspecified atom stereocenters. The Morgan fingerprint density at radius 2 is 1.80 bits per heavy atom. The van der Waals surface area contributed by atoms with Gasteiger partial charge in [-0.15, -0.1) is 11.8 Å². The lowest BCUT2D eigenvalue weighted by atomic mass is 10.0. The first kappa shape index (κ1) is 18.7. The van der Waals surface area contributed by atoms with Crippen LogP contribution >= 0.6 is 11.8 Å². The van der Waals surface area contributed by atoms with Crippen molar-refractivity contribution in [3.8, 4) is 0 Å². The first-order chi connectivity index (χ1) is 11.8. The smallest absolute Gasteiger partial charge is 0.226 e. The molecule has 1 spiro atoms. The van der Waals surface area contributed by atoms with E-state index in [1.54, 1.807) is 4.31 Å². The van der Waals surface area contributed by atoms with E-state index in [9.17, 15) is 13.2 Å². The van der Waals surface area contributed by atoms with E-state index >= 15 is 0 Å². The second kappa shape index (κ2) is 7.29. The SMILES string of the molecule is CC(C)C(=O)N1CCSC12CCN(S(=O)(=O)Cc1ccccc1)CC2. The zero-order valence-corrected chi connectivity index (χ0v) is 16.5. The highest BCUT2D eigenvalue weighted by Gasteiger charge is 2.47. The highest BCUT2D eigenvalue weighted by molar-refractivity contribution is 8.00. The lowest BCUT2D eigenvalue weighted by Crippen LogP contribution is -2.54. The molecule has 1 amide bonds. The van der Waals surface area contributed by atoms with Gasteiger partial charge in [0.25, 0.3) is 0 Å². The Morgan fingerprint density at radius 1 is 1.16 bits per heavy atom. The molecule has 1 aromatic carbocycles. The molecule has 2 fully saturated rings. The van der Waals surface area contributed by atoms with Crippen LogP contribution in [-0.4, -0.2) is 53.8 Å². The quantitative estimate of drug-likeness (QED) is 0.803. The topological polar surface area (TPSA) is 57.7 Å². The molecule has 0 aliphatic carbocycles. The fourth-order valence-corrected chi connectivity index (χ4v) is 6.63. The van der Waals surface area contributed by atoms with E-state index in [4.69, 9.17) is 0 Å². The summed E-state index contributed by atoms with van der Waals surface area (Å²) < 4.78 is 27.0. The van der Waals surface area contributed by atoms with Crippen molar-refractivity contribution in [3.05, 3.63) is 35.9 Å². The number of hydrogen-bond donors (Lipinski definition) is 0. The van der Waals surface area contributed by atoms with Gasteiger partial charge in [-0.2, -0.15) is 0 Å². The summed E-state index contributed by atoms with van der Waals surface area (Å²) in [6.07, 6.45) is 1.42. The molecule has 0 saturated carbocycles. The van der Waals surface area contributed by atoms with Gasteiger partial charge in [-0.05, 0) is 18.4 Å². The standard InChI is InChI=1S/C18H26N2O3S2/c1-15(2)17(21)20-12-13-24-18(20)8-10-19(11-9-18)25(22,23)14-16-6-4-3-5-7-16/h3-7,15H,8-14H2,1-2H3. The maximum Gasteiger partial charge on any atom is 0.226 e. The number of amides is 1. The van der Waals surface area contributed by atoms with Crippen LogP contribution in [0, 0.1) is 5.92 Å². The van der Waals surface area contributed by atoms with Gasteiger partial charge in [-0.25, -0.2) is 12.7 Å². The fraction of sp³-hybridized carbons (Fsp3) is 0.611. The molecule has 25 heavy (non-hydrogen) atoms. The van der Waals surface area contributed by atoms with Crippen molar-refractivity contribution in [3.63, 3.8) is 0 Å². The highest BCUT2D eigenvalue weighted by atomic mass is 32.2. The molecule has 2 saturated heterocycles. The summed E-state index contributed by atoms with van der Waals surface area (Å²) in [6.45, 7) is 5.61. The van der Waals surface area contributed by atoms with Gasteiger partial charge in [-0.1, -0.05) is 44.2 Å². The van der Waals surface area contributed by atoms with E-state index in [0.717, 1.165) is 17.9 Å². The van der Waals surface area contributed by atoms with Crippen LogP contribution in [0.4, 0.5) is 0 Å². The number of carbonyl (C=O) groups excluding carboxylic acids is 1. The molecule has 0 bridgehead atoms. The zero-order valence-electron chi connectivity index (χ0n) is 14.8. The molecule has 0 atom stereocenters. The van der Waals surface area contributed by atoms with Gasteiger partial charge in [0.1, 0.15) is 0 Å². The highest BCUT2D eigenvalue weighted by Crippen LogP contribution is 2.45. The predicted octanol–water partition coefficient (Wildman–Crippen LogP) is 2.54. The Balaban J connectivity index is 1.68. The number of piperidine rings is 1. The Kier molecular flexibility index (Phi) is 5.46. The van der Waals surface area contributed by atoms with Crippen molar-refractivity contribution in [1.82, 2.24) is 9.21 Å². The number of carbonyl (C=O) groups is 1. The van der Waals surface area contributed by atoms with E-state index in [2.05, 4.69) is 0 Å². The molecular weight excluding hydrogens is 356 g/mol. The average molecular weight is 383 g/mol. The number of thioether (sulfide) groups is 1. The number of hydrogen-bond acceptors (Lipinski definition) is 4. The van der Waals surface area contributed by atoms with Crippen LogP contribution in [-0.2, 0) is 20.6 Å². The zero-order chi connectivity index (χ0) is 18.1. The summed E-state index contributed by atoms with van der Waals surface area (Å²) in [6, 6.07) is 9.30. The molecule has 138 valence electrons. The first-order valence-corrected chi connectivity index (χ1v) is 11.4. The average Bonchev–Trinajstić information content (AvgIpc) is 2.98. The minimum atomic E-state index is -3.32. The minimum Gasteiger partial charge on any atom is -0.327 e. The Morgan fingerprint density at radius 3 is 2.40 bits per heavy atom. The molecule has 0 radical (unpaired) electrons. The lowest BCUT2D eigenvalue weighted by Gasteiger charge is -2.44. The number of benzene rings is 1. The van der Waals surface area contributed by atoms with Gasteiger partial charge in [0, 0.05) is 31.3 Å². The fourth-order valence-electron chi connectivity index (χ4n) is 3.64. The van der Waals surface area contributed by atoms with Crippen molar-refractivity contribution in [2.24, 2.45) is 5.92 Å². The van der Waals surface area contributed by atoms with Gasteiger partial charge < -0.3 is 4.90 Å². The minimum absolute atomic E-state index is 0.0181. The molecule has 2 aliphatic heterocycles. The van der Waals surface area contributed by atoms with E-state index in [-0.39, 0.29) is 22.4 Å². The number of nitrogens with zero attached hydrogens (tertiary/aromatic N) is 2. The lowest BCUT2D eigenvalue weighted by molar-refractivity contribution is -0.137. The van der Waals surface area contributed by atoms with Gasteiger partial charge >= 0.3 is 0 Å². The first-order valence-electron chi connectivity index (χ1n) is 8.81. The van der Waals surface area contributed by atoms with E-state index < -0.39 is 10.0 Å². The maximum absolute atomic E-state index is 12.7. The van der Waals surface area contributed by atoms with Crippen LogP contribution in [0.5, 0.6) is 0 Å². The molecular formula is C18H26N2O3S2. The third-order valence-corrected chi connectivity index (χ3v) is 8.43. The molecule has 3 rings (SSSR count). The summed E-state index contributed by atoms with van der Waals surface area (Å²) in [5.41, 5.74) is 0.814. The number of sulfonamides is 1. The van der Waals surface area contributed by atoms with Gasteiger partial charge in [0.15, 0.2) is 0 Å². The summed E-state index contributed by atoms with van der Waals surface area (Å²) in [5.74, 6) is 1.15. The summed E-state index contributed by atoms with van der Waals surface area (Å²) >= 11 is 1.82. The predicted molar refractivity (Wildman–Crippen MR) is 102 cm³/mol. The van der Waals surface area contributed by atoms with Crippen LogP contribution < -0.4 is 0 Å². The summed E-state index contributed by atoms with van der Waals surface area (Å²) in [7, 11) is -3.32. The van der Waals surface area contributed by atoms with Crippen molar-refractivity contribution >= 4 is 27.7 Å². The molecule has 7 heteroatoms. The van der Waals surface area contributed by atoms with Gasteiger partial charge in [0.2, 0.25) is 15.9 Å². The molecule has 5 nitrogen and oxygen atoms in total. The van der Waals surface area contributed by atoms with E-state index in [0.29, 0.717) is 25.9 Å². The van der Waals surface area contributed by atoms with Crippen LogP contribution in [0.2, 0.25) is 0 Å². The Labute approximate surface area is 154 Å². The third kappa shape index (κ3) is 3.88. The molecule has 0 N–H and O–H groups in total. The molecule has 2 aliphatic rings. The van der Waals surface area contributed by atoms with Gasteiger partial charge in [-0.3, -0.25) is 4.79 Å². The Hall–Kier alpha value is -1.05. The van der Waals surface area contributed by atoms with Crippen molar-refractivity contribution in [2.45, 2.75) is 37.3 Å². The van der Waals surface area contributed by atoms with Crippen LogP contribution in [0.3, 0.4) is 0 Å². The maximum atomic E-state index is 12.7. The largest absolute Gasteiger partial charge is 0.327 e. The van der Waals surface area contributed by atoms with Crippen LogP contribution in [0.15, 0.2) is 30.3 Å². The van der Waals surface area contributed by atoms with Crippen LogP contribution in [0.1, 0.15) is 32.3 Å². The van der Waals surface area contributed by atoms with Gasteiger partial charge in [0.05, 0.1) is 10.6 Å². The monoisotopic (exact) mass is 382 g/mol. The second-order valence-electron chi connectivity index (χ2n) is 7.08. The summed E-state index contributed by atoms with van der Waals surface area (Å²) in [5, 5.41) is 0.